The van der Waals surface area contributed by atoms with Gasteiger partial charge in [-0.2, -0.15) is 0 Å². The molecule has 0 spiro atoms. The van der Waals surface area contributed by atoms with Gasteiger partial charge in [-0.25, -0.2) is 19.2 Å². The van der Waals surface area contributed by atoms with E-state index >= 15 is 0 Å². The zero-order valence-corrected chi connectivity index (χ0v) is 24.5. The molecule has 1 unspecified atom stereocenters. The predicted octanol–water partition coefficient (Wildman–Crippen LogP) is 2.10. The van der Waals surface area contributed by atoms with Gasteiger partial charge in [-0.1, -0.05) is 31.2 Å². The molecule has 0 saturated carbocycles. The van der Waals surface area contributed by atoms with Crippen LogP contribution in [0.25, 0.3) is 0 Å². The van der Waals surface area contributed by atoms with Crippen LogP contribution < -0.4 is 9.64 Å². The smallest absolute Gasteiger partial charge is 0.414 e. The number of ether oxygens (including phenoxy) is 1. The molecule has 2 aromatic rings. The number of rotatable bonds is 8. The molecule has 1 aliphatic heterocycles. The Kier molecular flexibility index (Phi) is 14.2. The quantitative estimate of drug-likeness (QED) is 0.276. The second-order valence-corrected chi connectivity index (χ2v) is 10.1. The van der Waals surface area contributed by atoms with Crippen LogP contribution in [-0.2, 0) is 32.0 Å². The molecule has 236 valence electrons. The molecule has 2 aliphatic rings. The van der Waals surface area contributed by atoms with Crippen molar-refractivity contribution in [2.75, 3.05) is 57.8 Å². The molecular weight excluding hydrogens is 562 g/mol. The minimum atomic E-state index is -1.82. The van der Waals surface area contributed by atoms with Crippen LogP contribution in [0.4, 0.5) is 5.69 Å². The molecule has 0 amide bonds. The maximum atomic E-state index is 10.2. The molecule has 0 bridgehead atoms. The number of nitrogens with zero attached hydrogens (tertiary/aromatic N) is 3. The summed E-state index contributed by atoms with van der Waals surface area (Å²) < 4.78 is 5.55. The third kappa shape index (κ3) is 11.1. The average molecular weight is 604 g/mol. The number of carboxylic acid groups (broad SMARTS) is 4. The maximum Gasteiger partial charge on any atom is 0.414 e. The van der Waals surface area contributed by atoms with Crippen molar-refractivity contribution >= 4 is 29.6 Å². The largest absolute Gasteiger partial charge is 0.508 e. The standard InChI is InChI=1S/C26H37N3O2.2C2H2O4/c1-3-13-28(22-11-12-23-21(20-22)7-6-9-25(23)30)17-14-27-15-18-29(19-16-27)24-8-4-5-10-26(24)31-2;2*3-1(4)2(5)6/h4-10,22,30H,3,11-20H2,1-2H3;2*(H,3,4)(H,5,6). The van der Waals surface area contributed by atoms with Gasteiger partial charge in [0.15, 0.2) is 0 Å². The first kappa shape index (κ1) is 34.8. The van der Waals surface area contributed by atoms with Gasteiger partial charge in [0, 0.05) is 45.3 Å². The maximum absolute atomic E-state index is 10.2. The van der Waals surface area contributed by atoms with E-state index in [1.54, 1.807) is 7.11 Å². The number of para-hydroxylation sites is 2. The van der Waals surface area contributed by atoms with Gasteiger partial charge in [0.2, 0.25) is 0 Å². The number of piperazine rings is 1. The number of hydrogen-bond donors (Lipinski definition) is 5. The van der Waals surface area contributed by atoms with Crippen LogP contribution in [0.2, 0.25) is 0 Å². The third-order valence-electron chi connectivity index (χ3n) is 7.33. The van der Waals surface area contributed by atoms with Crippen LogP contribution in [-0.4, -0.2) is 118 Å². The van der Waals surface area contributed by atoms with E-state index in [9.17, 15) is 5.11 Å². The highest BCUT2D eigenvalue weighted by Gasteiger charge is 2.26. The lowest BCUT2D eigenvalue weighted by molar-refractivity contribution is -0.159. The normalized spacial score (nSPS) is 16.1. The lowest BCUT2D eigenvalue weighted by atomic mass is 9.87. The molecule has 1 atom stereocenters. The summed E-state index contributed by atoms with van der Waals surface area (Å²) in [6.07, 6.45) is 4.38. The van der Waals surface area contributed by atoms with Crippen molar-refractivity contribution < 1.29 is 49.4 Å². The number of benzene rings is 2. The highest BCUT2D eigenvalue weighted by molar-refractivity contribution is 6.27. The van der Waals surface area contributed by atoms with E-state index in [4.69, 9.17) is 44.3 Å². The van der Waals surface area contributed by atoms with Gasteiger partial charge >= 0.3 is 23.9 Å². The Hall–Kier alpha value is -4.36. The Balaban J connectivity index is 0.000000455. The summed E-state index contributed by atoms with van der Waals surface area (Å²) in [5, 5.41) is 39.7. The summed E-state index contributed by atoms with van der Waals surface area (Å²) in [5.41, 5.74) is 3.71. The van der Waals surface area contributed by atoms with Crippen LogP contribution in [0.5, 0.6) is 11.5 Å². The molecule has 43 heavy (non-hydrogen) atoms. The summed E-state index contributed by atoms with van der Waals surface area (Å²) in [7, 11) is 1.75. The highest BCUT2D eigenvalue weighted by atomic mass is 16.5. The summed E-state index contributed by atoms with van der Waals surface area (Å²) >= 11 is 0. The molecule has 13 heteroatoms. The minimum absolute atomic E-state index is 0.478. The summed E-state index contributed by atoms with van der Waals surface area (Å²) in [6, 6.07) is 14.9. The Morgan fingerprint density at radius 1 is 0.860 bits per heavy atom. The van der Waals surface area contributed by atoms with E-state index in [1.807, 2.05) is 24.3 Å². The van der Waals surface area contributed by atoms with E-state index in [1.165, 1.54) is 23.2 Å². The molecule has 5 N–H and O–H groups in total. The number of phenols is 1. The first-order valence-electron chi connectivity index (χ1n) is 14.0. The second-order valence-electron chi connectivity index (χ2n) is 10.1. The summed E-state index contributed by atoms with van der Waals surface area (Å²) in [6.45, 7) is 9.97. The molecule has 1 saturated heterocycles. The number of aliphatic carboxylic acids is 4. The summed E-state index contributed by atoms with van der Waals surface area (Å²) in [4.78, 5) is 44.1. The molecular formula is C30H41N3O10. The monoisotopic (exact) mass is 603 g/mol. The number of hydrogen-bond acceptors (Lipinski definition) is 9. The van der Waals surface area contributed by atoms with Gasteiger partial charge in [0.25, 0.3) is 0 Å². The Labute approximate surface area is 250 Å². The van der Waals surface area contributed by atoms with Crippen molar-refractivity contribution in [3.05, 3.63) is 53.6 Å². The van der Waals surface area contributed by atoms with Gasteiger partial charge < -0.3 is 35.2 Å². The third-order valence-corrected chi connectivity index (χ3v) is 7.33. The van der Waals surface area contributed by atoms with Gasteiger partial charge in [-0.15, -0.1) is 0 Å². The number of carbonyl (C=O) groups is 4. The lowest BCUT2D eigenvalue weighted by Crippen LogP contribution is -2.50. The van der Waals surface area contributed by atoms with Crippen molar-refractivity contribution in [1.82, 2.24) is 9.80 Å². The first-order chi connectivity index (χ1) is 20.5. The van der Waals surface area contributed by atoms with Gasteiger partial charge in [-0.3, -0.25) is 9.80 Å². The minimum Gasteiger partial charge on any atom is -0.508 e. The number of phenolic OH excluding ortho intramolecular Hbond substituents is 1. The Morgan fingerprint density at radius 2 is 1.47 bits per heavy atom. The predicted molar refractivity (Wildman–Crippen MR) is 158 cm³/mol. The van der Waals surface area contributed by atoms with Gasteiger partial charge in [0.1, 0.15) is 11.5 Å². The Bertz CT molecular complexity index is 1180. The van der Waals surface area contributed by atoms with Crippen LogP contribution in [0.1, 0.15) is 30.9 Å². The van der Waals surface area contributed by atoms with Crippen molar-refractivity contribution in [2.45, 2.75) is 38.6 Å². The molecule has 2 aromatic carbocycles. The SMILES string of the molecule is CCCN(CCN1CCN(c2ccccc2OC)CC1)C1CCc2c(O)cccc2C1.O=C(O)C(=O)O.O=C(O)C(=O)O. The molecule has 1 heterocycles. The van der Waals surface area contributed by atoms with Crippen LogP contribution in [0.3, 0.4) is 0 Å². The number of fused-ring (bicyclic) bond motifs is 1. The number of methoxy groups -OCH3 is 1. The molecule has 13 nitrogen and oxygen atoms in total. The fourth-order valence-corrected chi connectivity index (χ4v) is 5.22. The fraction of sp³-hybridized carbons (Fsp3) is 0.467. The molecule has 0 aromatic heterocycles. The van der Waals surface area contributed by atoms with E-state index in [0.717, 1.165) is 70.8 Å². The lowest BCUT2D eigenvalue weighted by Gasteiger charge is -2.39. The zero-order valence-electron chi connectivity index (χ0n) is 24.5. The van der Waals surface area contributed by atoms with E-state index in [2.05, 4.69) is 39.8 Å². The summed E-state index contributed by atoms with van der Waals surface area (Å²) in [5.74, 6) is -5.85. The van der Waals surface area contributed by atoms with Crippen molar-refractivity contribution in [3.63, 3.8) is 0 Å². The van der Waals surface area contributed by atoms with E-state index < -0.39 is 23.9 Å². The van der Waals surface area contributed by atoms with Gasteiger partial charge in [0.05, 0.1) is 12.8 Å². The first-order valence-corrected chi connectivity index (χ1v) is 14.0. The van der Waals surface area contributed by atoms with Crippen molar-refractivity contribution in [3.8, 4) is 11.5 Å². The topological polar surface area (TPSA) is 188 Å². The van der Waals surface area contributed by atoms with Crippen LogP contribution in [0.15, 0.2) is 42.5 Å². The molecule has 1 aliphatic carbocycles. The second kappa shape index (κ2) is 17.6. The zero-order chi connectivity index (χ0) is 31.9. The highest BCUT2D eigenvalue weighted by Crippen LogP contribution is 2.31. The molecule has 1 fully saturated rings. The number of anilines is 1. The molecule has 4 rings (SSSR count). The van der Waals surface area contributed by atoms with Crippen LogP contribution in [0, 0.1) is 0 Å². The fourth-order valence-electron chi connectivity index (χ4n) is 5.22. The van der Waals surface area contributed by atoms with Crippen molar-refractivity contribution in [1.29, 1.82) is 0 Å². The molecule has 0 radical (unpaired) electrons. The average Bonchev–Trinajstić information content (AvgIpc) is 3.00. The Morgan fingerprint density at radius 3 is 2.02 bits per heavy atom. The number of carboxylic acids is 4. The van der Waals surface area contributed by atoms with Crippen molar-refractivity contribution in [2.24, 2.45) is 0 Å². The van der Waals surface area contributed by atoms with Gasteiger partial charge in [-0.05, 0) is 61.6 Å². The van der Waals surface area contributed by atoms with E-state index in [-0.39, 0.29) is 0 Å². The van der Waals surface area contributed by atoms with Crippen LogP contribution >= 0.6 is 0 Å². The van der Waals surface area contributed by atoms with E-state index in [0.29, 0.717) is 11.8 Å². The number of aromatic hydroxyl groups is 1.